The third-order valence-corrected chi connectivity index (χ3v) is 14.3. The molecule has 5 nitrogen and oxygen atoms in total. The summed E-state index contributed by atoms with van der Waals surface area (Å²) >= 11 is 0. The smallest absolute Gasteiger partial charge is 0.322 e. The van der Waals surface area contributed by atoms with Gasteiger partial charge in [0.05, 0.1) is 11.5 Å². The van der Waals surface area contributed by atoms with Crippen molar-refractivity contribution in [3.63, 3.8) is 0 Å². The van der Waals surface area contributed by atoms with Crippen LogP contribution < -0.4 is 0 Å². The van der Waals surface area contributed by atoms with E-state index in [4.69, 9.17) is 9.16 Å². The molecule has 0 N–H and O–H groups in total. The van der Waals surface area contributed by atoms with Gasteiger partial charge < -0.3 is 9.16 Å². The lowest BCUT2D eigenvalue weighted by Gasteiger charge is -2.43. The van der Waals surface area contributed by atoms with E-state index in [1.807, 2.05) is 6.92 Å². The number of sulfone groups is 1. The van der Waals surface area contributed by atoms with E-state index in [0.29, 0.717) is 29.7 Å². The number of hydrogen-bond acceptors (Lipinski definition) is 5. The highest BCUT2D eigenvalue weighted by molar-refractivity contribution is 7.92. The number of aryl methyl sites for hydroxylation is 1. The van der Waals surface area contributed by atoms with Crippen molar-refractivity contribution in [2.45, 2.75) is 95.4 Å². The SMILES string of the molecule is Cc1ccc(S(=O)(=O)CC(=O)O[C@H]2CCCC=C2CO[Si](C(C)C)(C(C)C)C(C)C)cc1. The minimum atomic E-state index is -3.73. The molecular weight excluding hydrogens is 440 g/mol. The Labute approximate surface area is 195 Å². The summed E-state index contributed by atoms with van der Waals surface area (Å²) in [5, 5.41) is 0. The molecule has 0 heterocycles. The zero-order chi connectivity index (χ0) is 24.1. The predicted octanol–water partition coefficient (Wildman–Crippen LogP) is 5.98. The number of hydrogen-bond donors (Lipinski definition) is 0. The standard InChI is InChI=1S/C25H40O5SSi/c1-18(2)32(19(3)4,20(5)6)29-16-22-10-8-9-11-24(22)30-25(26)17-31(27,28)23-14-12-21(7)13-15-23/h10,12-15,18-20,24H,8-9,11,16-17H2,1-7H3/t24-/m0/s1. The second-order valence-electron chi connectivity index (χ2n) is 9.87. The average Bonchev–Trinajstić information content (AvgIpc) is 2.68. The van der Waals surface area contributed by atoms with E-state index in [0.717, 1.165) is 24.0 Å². The highest BCUT2D eigenvalue weighted by Crippen LogP contribution is 2.42. The molecule has 1 aromatic carbocycles. The molecule has 1 aromatic rings. The zero-order valence-corrected chi connectivity index (χ0v) is 22.5. The van der Waals surface area contributed by atoms with E-state index in [1.54, 1.807) is 12.1 Å². The summed E-state index contributed by atoms with van der Waals surface area (Å²) in [6.07, 6.45) is 4.23. The molecule has 0 spiro atoms. The predicted molar refractivity (Wildman–Crippen MR) is 132 cm³/mol. The van der Waals surface area contributed by atoms with Gasteiger partial charge in [0.1, 0.15) is 6.10 Å². The maximum absolute atomic E-state index is 12.6. The van der Waals surface area contributed by atoms with Crippen LogP contribution in [-0.4, -0.2) is 41.2 Å². The maximum Gasteiger partial charge on any atom is 0.322 e. The van der Waals surface area contributed by atoms with Gasteiger partial charge in [-0.1, -0.05) is 65.3 Å². The normalized spacial score (nSPS) is 17.7. The highest BCUT2D eigenvalue weighted by atomic mass is 32.2. The van der Waals surface area contributed by atoms with E-state index >= 15 is 0 Å². The average molecular weight is 481 g/mol. The molecular formula is C25H40O5SSi. The molecule has 0 amide bonds. The Bertz CT molecular complexity index is 879. The number of benzene rings is 1. The first-order valence-corrected chi connectivity index (χ1v) is 15.5. The molecule has 1 aliphatic carbocycles. The quantitative estimate of drug-likeness (QED) is 0.234. The molecule has 0 aromatic heterocycles. The van der Waals surface area contributed by atoms with E-state index < -0.39 is 36.0 Å². The van der Waals surface area contributed by atoms with Crippen LogP contribution in [0, 0.1) is 6.92 Å². The Morgan fingerprint density at radius 1 is 1.03 bits per heavy atom. The molecule has 1 atom stereocenters. The molecule has 180 valence electrons. The summed E-state index contributed by atoms with van der Waals surface area (Å²) in [5.41, 5.74) is 3.33. The topological polar surface area (TPSA) is 69.7 Å². The fourth-order valence-corrected chi connectivity index (χ4v) is 11.6. The zero-order valence-electron chi connectivity index (χ0n) is 20.7. The lowest BCUT2D eigenvalue weighted by Crippen LogP contribution is -2.48. The van der Waals surface area contributed by atoms with Crippen molar-refractivity contribution in [1.82, 2.24) is 0 Å². The summed E-state index contributed by atoms with van der Waals surface area (Å²) in [6.45, 7) is 15.8. The monoisotopic (exact) mass is 480 g/mol. The third kappa shape index (κ3) is 6.32. The Balaban J connectivity index is 2.09. The van der Waals surface area contributed by atoms with Gasteiger partial charge >= 0.3 is 5.97 Å². The molecule has 0 saturated heterocycles. The summed E-state index contributed by atoms with van der Waals surface area (Å²) in [5.74, 6) is -1.35. The Morgan fingerprint density at radius 2 is 1.59 bits per heavy atom. The van der Waals surface area contributed by atoms with Crippen molar-refractivity contribution < 1.29 is 22.4 Å². The van der Waals surface area contributed by atoms with Gasteiger partial charge in [-0.25, -0.2) is 8.42 Å². The van der Waals surface area contributed by atoms with E-state index in [9.17, 15) is 13.2 Å². The molecule has 2 rings (SSSR count). The molecule has 0 saturated carbocycles. The van der Waals surface area contributed by atoms with Crippen LogP contribution in [0.4, 0.5) is 0 Å². The highest BCUT2D eigenvalue weighted by Gasteiger charge is 2.45. The fourth-order valence-electron chi connectivity index (χ4n) is 5.08. The van der Waals surface area contributed by atoms with Crippen LogP contribution in [0.25, 0.3) is 0 Å². The molecule has 7 heteroatoms. The van der Waals surface area contributed by atoms with Gasteiger partial charge in [-0.3, -0.25) is 4.79 Å². The molecule has 0 fully saturated rings. The fraction of sp³-hybridized carbons (Fsp3) is 0.640. The van der Waals surface area contributed by atoms with Crippen LogP contribution in [0.3, 0.4) is 0 Å². The summed E-state index contributed by atoms with van der Waals surface area (Å²) in [7, 11) is -5.78. The van der Waals surface area contributed by atoms with Crippen molar-refractivity contribution in [3.8, 4) is 0 Å². The van der Waals surface area contributed by atoms with Crippen LogP contribution in [-0.2, 0) is 23.8 Å². The summed E-state index contributed by atoms with van der Waals surface area (Å²) in [6, 6.07) is 6.52. The number of rotatable bonds is 10. The minimum Gasteiger partial charge on any atom is -0.457 e. The van der Waals surface area contributed by atoms with Crippen LogP contribution in [0.2, 0.25) is 16.6 Å². The first-order chi connectivity index (χ1) is 14.9. The van der Waals surface area contributed by atoms with Gasteiger partial charge in [0.15, 0.2) is 15.6 Å². The van der Waals surface area contributed by atoms with Gasteiger partial charge in [-0.15, -0.1) is 0 Å². The third-order valence-electron chi connectivity index (χ3n) is 6.65. The van der Waals surface area contributed by atoms with Crippen molar-refractivity contribution >= 4 is 24.1 Å². The van der Waals surface area contributed by atoms with Crippen LogP contribution in [0.5, 0.6) is 0 Å². The summed E-state index contributed by atoms with van der Waals surface area (Å²) in [4.78, 5) is 12.7. The number of esters is 1. The van der Waals surface area contributed by atoms with E-state index in [2.05, 4.69) is 47.6 Å². The Hall–Kier alpha value is -1.44. The molecule has 0 aliphatic heterocycles. The summed E-state index contributed by atoms with van der Waals surface area (Å²) < 4.78 is 37.6. The number of carbonyl (C=O) groups is 1. The first-order valence-electron chi connectivity index (χ1n) is 11.7. The Morgan fingerprint density at radius 3 is 2.12 bits per heavy atom. The van der Waals surface area contributed by atoms with Gasteiger partial charge in [0.2, 0.25) is 8.32 Å². The van der Waals surface area contributed by atoms with E-state index in [-0.39, 0.29) is 4.90 Å². The second kappa shape index (κ2) is 11.1. The largest absolute Gasteiger partial charge is 0.457 e. The number of carbonyl (C=O) groups excluding carboxylic acids is 1. The van der Waals surface area contributed by atoms with Crippen molar-refractivity contribution in [2.24, 2.45) is 0 Å². The van der Waals surface area contributed by atoms with Crippen molar-refractivity contribution in [1.29, 1.82) is 0 Å². The second-order valence-corrected chi connectivity index (χ2v) is 17.3. The molecule has 0 bridgehead atoms. The van der Waals surface area contributed by atoms with E-state index in [1.165, 1.54) is 12.1 Å². The first kappa shape index (κ1) is 26.8. The van der Waals surface area contributed by atoms with Crippen LogP contribution in [0.15, 0.2) is 40.8 Å². The molecule has 0 radical (unpaired) electrons. The number of ether oxygens (including phenoxy) is 1. The van der Waals surface area contributed by atoms with Crippen molar-refractivity contribution in [3.05, 3.63) is 41.5 Å². The Kier molecular flexibility index (Phi) is 9.32. The molecule has 1 aliphatic rings. The van der Waals surface area contributed by atoms with Gasteiger partial charge in [-0.2, -0.15) is 0 Å². The lowest BCUT2D eigenvalue weighted by molar-refractivity contribution is -0.144. The van der Waals surface area contributed by atoms with Gasteiger partial charge in [0, 0.05) is 0 Å². The number of allylic oxidation sites excluding steroid dienone is 1. The van der Waals surface area contributed by atoms with Gasteiger partial charge in [-0.05, 0) is 60.5 Å². The lowest BCUT2D eigenvalue weighted by atomic mass is 9.97. The minimum absolute atomic E-state index is 0.143. The van der Waals surface area contributed by atoms with Crippen LogP contribution >= 0.6 is 0 Å². The van der Waals surface area contributed by atoms with Crippen LogP contribution in [0.1, 0.15) is 66.4 Å². The molecule has 0 unspecified atom stereocenters. The van der Waals surface area contributed by atoms with Gasteiger partial charge in [0.25, 0.3) is 0 Å². The molecule has 32 heavy (non-hydrogen) atoms. The maximum atomic E-state index is 12.6. The van der Waals surface area contributed by atoms with Crippen molar-refractivity contribution in [2.75, 3.05) is 12.4 Å².